The summed E-state index contributed by atoms with van der Waals surface area (Å²) >= 11 is 0. The van der Waals surface area contributed by atoms with Crippen LogP contribution >= 0.6 is 0 Å². The van der Waals surface area contributed by atoms with Gasteiger partial charge in [0.05, 0.1) is 0 Å². The molecule has 0 radical (unpaired) electrons. The maximum absolute atomic E-state index is 5.73. The normalized spacial score (nSPS) is 18.0. The lowest BCUT2D eigenvalue weighted by molar-refractivity contribution is 0.606. The summed E-state index contributed by atoms with van der Waals surface area (Å²) < 4.78 is 0. The first-order valence-electron chi connectivity index (χ1n) is 16.6. The Morgan fingerprint density at radius 3 is 2.06 bits per heavy atom. The molecular weight excluding hydrogens is 569 g/mol. The van der Waals surface area contributed by atoms with Crippen LogP contribution in [0.1, 0.15) is 24.5 Å². The van der Waals surface area contributed by atoms with Crippen LogP contribution in [-0.2, 0) is 6.42 Å². The van der Waals surface area contributed by atoms with Crippen LogP contribution in [-0.4, -0.2) is 12.8 Å². The number of rotatable bonds is 9. The zero-order valence-electron chi connectivity index (χ0n) is 26.9. The zero-order valence-corrected chi connectivity index (χ0v) is 26.9. The van der Waals surface area contributed by atoms with Crippen molar-refractivity contribution in [3.8, 4) is 11.1 Å². The van der Waals surface area contributed by atoms with Crippen molar-refractivity contribution in [1.82, 2.24) is 0 Å². The average molecular weight is 609 g/mol. The minimum atomic E-state index is 0.135. The van der Waals surface area contributed by atoms with E-state index < -0.39 is 0 Å². The molecule has 5 aromatic rings. The van der Waals surface area contributed by atoms with Crippen LogP contribution in [0.4, 0.5) is 0 Å². The fourth-order valence-electron chi connectivity index (χ4n) is 7.47. The minimum absolute atomic E-state index is 0.135. The number of allylic oxidation sites excluding steroid dienone is 11. The van der Waals surface area contributed by atoms with Crippen LogP contribution in [0, 0.1) is 11.8 Å². The zero-order chi connectivity index (χ0) is 32.2. The lowest BCUT2D eigenvalue weighted by atomic mass is 9.73. The van der Waals surface area contributed by atoms with E-state index in [4.69, 9.17) is 10.7 Å². The smallest absolute Gasteiger partial charge is 0.0477 e. The molecule has 0 amide bonds. The number of hydrogen-bond donors (Lipinski definition) is 1. The summed E-state index contributed by atoms with van der Waals surface area (Å²) in [7, 11) is 0. The monoisotopic (exact) mass is 608 g/mol. The molecule has 0 saturated carbocycles. The molecule has 2 aliphatic rings. The first kappa shape index (κ1) is 30.3. The van der Waals surface area contributed by atoms with Gasteiger partial charge in [-0.25, -0.2) is 0 Å². The third-order valence-electron chi connectivity index (χ3n) is 9.46. The van der Waals surface area contributed by atoms with Crippen molar-refractivity contribution in [1.29, 1.82) is 0 Å². The Labute approximate surface area is 278 Å². The lowest BCUT2D eigenvalue weighted by Gasteiger charge is -2.32. The fourth-order valence-corrected chi connectivity index (χ4v) is 7.47. The summed E-state index contributed by atoms with van der Waals surface area (Å²) in [5.41, 5.74) is 14.5. The Morgan fingerprint density at radius 2 is 1.40 bits per heavy atom. The highest BCUT2D eigenvalue weighted by atomic mass is 14.7. The van der Waals surface area contributed by atoms with Gasteiger partial charge in [0.25, 0.3) is 0 Å². The minimum Gasteiger partial charge on any atom is -0.330 e. The van der Waals surface area contributed by atoms with Crippen molar-refractivity contribution >= 4 is 44.1 Å². The SMILES string of the molecule is C=C/C=C(\N=CC)C1C=CC(c2c3ccccc3c(-c3ccc(C/C=C\CCN)c4ccccc34)c3ccccc23)=C2C=CC=CC21. The predicted molar refractivity (Wildman–Crippen MR) is 205 cm³/mol. The van der Waals surface area contributed by atoms with Crippen LogP contribution < -0.4 is 5.73 Å². The summed E-state index contributed by atoms with van der Waals surface area (Å²) in [4.78, 5) is 4.75. The van der Waals surface area contributed by atoms with Gasteiger partial charge < -0.3 is 5.73 Å². The van der Waals surface area contributed by atoms with Crippen molar-refractivity contribution in [2.45, 2.75) is 19.8 Å². The summed E-state index contributed by atoms with van der Waals surface area (Å²) in [6, 6.07) is 31.4. The number of fused-ring (bicyclic) bond motifs is 4. The number of nitrogens with zero attached hydrogens (tertiary/aromatic N) is 1. The Hall–Kier alpha value is -5.31. The molecule has 47 heavy (non-hydrogen) atoms. The van der Waals surface area contributed by atoms with Gasteiger partial charge in [-0.05, 0) is 98.1 Å². The van der Waals surface area contributed by atoms with Gasteiger partial charge in [0.2, 0.25) is 0 Å². The second kappa shape index (κ2) is 13.6. The van der Waals surface area contributed by atoms with E-state index in [1.165, 1.54) is 65.7 Å². The van der Waals surface area contributed by atoms with Gasteiger partial charge in [-0.3, -0.25) is 4.99 Å². The summed E-state index contributed by atoms with van der Waals surface area (Å²) in [6.45, 7) is 6.61. The van der Waals surface area contributed by atoms with Crippen LogP contribution in [0.15, 0.2) is 169 Å². The Morgan fingerprint density at radius 1 is 0.745 bits per heavy atom. The van der Waals surface area contributed by atoms with E-state index in [-0.39, 0.29) is 11.8 Å². The summed E-state index contributed by atoms with van der Waals surface area (Å²) in [5, 5.41) is 7.63. The lowest BCUT2D eigenvalue weighted by Crippen LogP contribution is -2.20. The molecule has 0 aliphatic heterocycles. The third-order valence-corrected chi connectivity index (χ3v) is 9.46. The van der Waals surface area contributed by atoms with Crippen molar-refractivity contribution in [3.63, 3.8) is 0 Å². The second-order valence-electron chi connectivity index (χ2n) is 12.2. The largest absolute Gasteiger partial charge is 0.330 e. The maximum Gasteiger partial charge on any atom is 0.0477 e. The van der Waals surface area contributed by atoms with Crippen LogP contribution in [0.3, 0.4) is 0 Å². The van der Waals surface area contributed by atoms with Gasteiger partial charge in [-0.1, -0.05) is 146 Å². The van der Waals surface area contributed by atoms with Crippen LogP contribution in [0.25, 0.3) is 49.0 Å². The highest BCUT2D eigenvalue weighted by Crippen LogP contribution is 2.48. The van der Waals surface area contributed by atoms with Crippen molar-refractivity contribution < 1.29 is 0 Å². The molecule has 0 heterocycles. The summed E-state index contributed by atoms with van der Waals surface area (Å²) in [6.07, 6.45) is 25.6. The molecule has 0 fully saturated rings. The molecule has 230 valence electrons. The quantitative estimate of drug-likeness (QED) is 0.0769. The van der Waals surface area contributed by atoms with Gasteiger partial charge in [-0.2, -0.15) is 0 Å². The first-order chi connectivity index (χ1) is 23.2. The molecule has 0 spiro atoms. The van der Waals surface area contributed by atoms with Gasteiger partial charge in [0.15, 0.2) is 0 Å². The maximum atomic E-state index is 5.73. The molecule has 7 rings (SSSR count). The Kier molecular flexibility index (Phi) is 8.77. The van der Waals surface area contributed by atoms with E-state index in [9.17, 15) is 0 Å². The molecule has 2 aliphatic carbocycles. The van der Waals surface area contributed by atoms with E-state index in [1.807, 2.05) is 25.3 Å². The van der Waals surface area contributed by atoms with E-state index in [0.29, 0.717) is 6.54 Å². The van der Waals surface area contributed by atoms with Gasteiger partial charge in [0.1, 0.15) is 0 Å². The van der Waals surface area contributed by atoms with Gasteiger partial charge >= 0.3 is 0 Å². The molecule has 2 N–H and O–H groups in total. The third kappa shape index (κ3) is 5.56. The van der Waals surface area contributed by atoms with E-state index in [1.54, 1.807) is 0 Å². The first-order valence-corrected chi connectivity index (χ1v) is 16.6. The molecule has 0 saturated heterocycles. The molecule has 5 aromatic carbocycles. The highest BCUT2D eigenvalue weighted by Gasteiger charge is 2.31. The molecule has 0 bridgehead atoms. The molecule has 2 atom stereocenters. The topological polar surface area (TPSA) is 38.4 Å². The van der Waals surface area contributed by atoms with Crippen molar-refractivity contribution in [2.24, 2.45) is 22.6 Å². The van der Waals surface area contributed by atoms with Crippen LogP contribution in [0.5, 0.6) is 0 Å². The Balaban J connectivity index is 1.48. The van der Waals surface area contributed by atoms with E-state index in [0.717, 1.165) is 18.5 Å². The molecular formula is C45H40N2. The number of hydrogen-bond acceptors (Lipinski definition) is 2. The predicted octanol–water partition coefficient (Wildman–Crippen LogP) is 11.1. The van der Waals surface area contributed by atoms with Crippen molar-refractivity contribution in [3.05, 3.63) is 175 Å². The fraction of sp³-hybridized carbons (Fsp3) is 0.133. The van der Waals surface area contributed by atoms with E-state index >= 15 is 0 Å². The molecule has 2 unspecified atom stereocenters. The number of nitrogens with two attached hydrogens (primary N) is 1. The second-order valence-corrected chi connectivity index (χ2v) is 12.2. The number of aliphatic imine (C=N–C) groups is 1. The molecule has 0 aromatic heterocycles. The van der Waals surface area contributed by atoms with Crippen molar-refractivity contribution in [2.75, 3.05) is 6.54 Å². The van der Waals surface area contributed by atoms with E-state index in [2.05, 4.69) is 140 Å². The molecule has 2 nitrogen and oxygen atoms in total. The Bertz CT molecular complexity index is 2160. The summed E-state index contributed by atoms with van der Waals surface area (Å²) in [5.74, 6) is 0.318. The van der Waals surface area contributed by atoms with Gasteiger partial charge in [-0.15, -0.1) is 0 Å². The highest BCUT2D eigenvalue weighted by molar-refractivity contribution is 6.22. The molecule has 2 heteroatoms. The number of benzene rings is 5. The van der Waals surface area contributed by atoms with Crippen LogP contribution in [0.2, 0.25) is 0 Å². The van der Waals surface area contributed by atoms with Gasteiger partial charge in [0, 0.05) is 23.7 Å². The standard InChI is InChI=1S/C45H40N2/c1-3-16-43(47-4-2)36-28-29-42(35-21-10-9-20-34(35)36)45-39-24-13-11-22-37(39)44(38-23-12-14-25-40(38)45)41-27-26-31(17-6-5-15-30-46)32-18-7-8-19-33(32)41/h3-14,16,18-29,34,36H,1,15,17,30,46H2,2H3/b6-5-,43-16-,47-4?. The average Bonchev–Trinajstić information content (AvgIpc) is 3.12.